The quantitative estimate of drug-likeness (QED) is 0.0793. The maximum atomic E-state index is 13.3. The minimum absolute atomic E-state index is 0.151. The van der Waals surface area contributed by atoms with Crippen LogP contribution in [0.5, 0.6) is 0 Å². The van der Waals surface area contributed by atoms with Gasteiger partial charge in [0.05, 0.1) is 25.4 Å². The molecule has 2 fully saturated rings. The van der Waals surface area contributed by atoms with E-state index in [2.05, 4.69) is 33.7 Å². The normalized spacial score (nSPS) is 15.1. The molecule has 0 N–H and O–H groups in total. The van der Waals surface area contributed by atoms with Crippen LogP contribution in [0.15, 0.2) is 137 Å². The van der Waals surface area contributed by atoms with Crippen molar-refractivity contribution in [1.82, 2.24) is 9.80 Å². The SMILES string of the molecule is CN1CCN(c2ccc([N+](=O)[O-])c(CS(=O)(=O)c3cccc4ccccc34)c2)CC1.CN1CCN(c2ccc([N+](=O)[O-])cc2)CC1.O=S(=O)(CCl)c1cccc2ccccc12. The number of nitrogens with zero attached hydrogens (tertiary/aromatic N) is 6. The minimum Gasteiger partial charge on any atom is -0.369 e. The minimum atomic E-state index is -3.78. The molecular formula is C44H47ClN6O8S2. The molecule has 0 spiro atoms. The van der Waals surface area contributed by atoms with E-state index >= 15 is 0 Å². The third kappa shape index (κ3) is 11.2. The van der Waals surface area contributed by atoms with E-state index in [4.69, 9.17) is 11.6 Å². The summed E-state index contributed by atoms with van der Waals surface area (Å²) >= 11 is 5.44. The van der Waals surface area contributed by atoms with Gasteiger partial charge in [-0.05, 0) is 61.3 Å². The zero-order chi connectivity index (χ0) is 43.7. The number of anilines is 2. The van der Waals surface area contributed by atoms with E-state index in [1.54, 1.807) is 66.7 Å². The average Bonchev–Trinajstić information content (AvgIpc) is 3.26. The van der Waals surface area contributed by atoms with Crippen LogP contribution in [0, 0.1) is 20.2 Å². The number of fused-ring (bicyclic) bond motifs is 2. The zero-order valence-corrected chi connectivity index (χ0v) is 36.2. The van der Waals surface area contributed by atoms with Crippen molar-refractivity contribution in [3.05, 3.63) is 153 Å². The van der Waals surface area contributed by atoms with E-state index in [9.17, 15) is 37.1 Å². The Bertz CT molecular complexity index is 2710. The molecule has 6 aromatic rings. The van der Waals surface area contributed by atoms with Crippen LogP contribution >= 0.6 is 11.6 Å². The number of hydrogen-bond donors (Lipinski definition) is 0. The van der Waals surface area contributed by atoms with Crippen LogP contribution in [0.4, 0.5) is 22.7 Å². The molecule has 2 heterocycles. The standard InChI is InChI=1S/C22H23N3O4S.C11H9ClO2S.C11H15N3O2/c1-23-11-13-24(14-12-23)19-9-10-21(25(26)27)18(15-19)16-30(28,29)22-8-4-6-17-5-2-3-7-20(17)22;12-8-15(13,14)11-7-3-5-9-4-1-2-6-10(9)11;1-12-6-8-13(9-7-12)10-2-4-11(5-3-10)14(15)16/h2-10,15H,11-14,16H2,1H3;1-7H,8H2;2-5H,6-9H2,1H3. The average molecular weight is 887 g/mol. The highest BCUT2D eigenvalue weighted by Gasteiger charge is 2.26. The van der Waals surface area contributed by atoms with E-state index in [-0.39, 0.29) is 32.0 Å². The van der Waals surface area contributed by atoms with Crippen LogP contribution in [0.2, 0.25) is 0 Å². The van der Waals surface area contributed by atoms with Gasteiger partial charge in [0.2, 0.25) is 0 Å². The van der Waals surface area contributed by atoms with Crippen molar-refractivity contribution in [2.45, 2.75) is 15.5 Å². The maximum Gasteiger partial charge on any atom is 0.273 e. The first-order chi connectivity index (χ1) is 29.2. The fourth-order valence-corrected chi connectivity index (χ4v) is 10.1. The van der Waals surface area contributed by atoms with Gasteiger partial charge in [-0.15, -0.1) is 11.6 Å². The van der Waals surface area contributed by atoms with Gasteiger partial charge in [0.25, 0.3) is 11.4 Å². The predicted molar refractivity (Wildman–Crippen MR) is 242 cm³/mol. The molecule has 14 nitrogen and oxygen atoms in total. The Morgan fingerprint density at radius 1 is 0.541 bits per heavy atom. The van der Waals surface area contributed by atoms with Crippen molar-refractivity contribution < 1.29 is 26.7 Å². The maximum absolute atomic E-state index is 13.3. The molecule has 0 unspecified atom stereocenters. The number of likely N-dealkylation sites (N-methyl/N-ethyl adjacent to an activating group) is 2. The molecule has 0 atom stereocenters. The molecule has 2 saturated heterocycles. The zero-order valence-electron chi connectivity index (χ0n) is 33.8. The molecule has 0 amide bonds. The topological polar surface area (TPSA) is 168 Å². The number of nitro groups is 2. The highest BCUT2D eigenvalue weighted by Crippen LogP contribution is 2.32. The molecule has 2 aliphatic rings. The van der Waals surface area contributed by atoms with E-state index in [1.165, 1.54) is 6.07 Å². The fraction of sp³-hybridized carbons (Fsp3) is 0.273. The van der Waals surface area contributed by atoms with E-state index in [1.807, 2.05) is 54.6 Å². The van der Waals surface area contributed by atoms with E-state index < -0.39 is 30.4 Å². The number of nitro benzene ring substituents is 2. The van der Waals surface area contributed by atoms with Gasteiger partial charge in [0, 0.05) is 98.3 Å². The molecule has 0 aliphatic carbocycles. The van der Waals surface area contributed by atoms with Crippen LogP contribution < -0.4 is 9.80 Å². The third-order valence-corrected chi connectivity index (χ3v) is 14.6. The number of piperazine rings is 2. The monoisotopic (exact) mass is 886 g/mol. The van der Waals surface area contributed by atoms with Gasteiger partial charge >= 0.3 is 0 Å². The number of hydrogen-bond acceptors (Lipinski definition) is 12. The molecule has 6 aromatic carbocycles. The summed E-state index contributed by atoms with van der Waals surface area (Å²) in [4.78, 5) is 30.6. The second-order valence-corrected chi connectivity index (χ2v) is 19.4. The van der Waals surface area contributed by atoms with Crippen LogP contribution in [0.1, 0.15) is 5.56 Å². The van der Waals surface area contributed by atoms with Gasteiger partial charge in [-0.25, -0.2) is 16.8 Å². The lowest BCUT2D eigenvalue weighted by atomic mass is 10.1. The lowest BCUT2D eigenvalue weighted by Crippen LogP contribution is -2.44. The van der Waals surface area contributed by atoms with Crippen LogP contribution in [0.3, 0.4) is 0 Å². The smallest absolute Gasteiger partial charge is 0.273 e. The highest BCUT2D eigenvalue weighted by atomic mass is 35.5. The Morgan fingerprint density at radius 3 is 1.46 bits per heavy atom. The summed E-state index contributed by atoms with van der Waals surface area (Å²) in [5, 5.41) is 24.8. The summed E-state index contributed by atoms with van der Waals surface area (Å²) in [6, 6.07) is 36.5. The van der Waals surface area contributed by atoms with Crippen LogP contribution in [-0.2, 0) is 25.4 Å². The number of halogens is 1. The van der Waals surface area contributed by atoms with Crippen LogP contribution in [-0.4, -0.2) is 108 Å². The molecule has 0 bridgehead atoms. The molecule has 0 aromatic heterocycles. The van der Waals surface area contributed by atoms with Gasteiger partial charge in [0.1, 0.15) is 5.21 Å². The number of rotatable bonds is 9. The van der Waals surface area contributed by atoms with Gasteiger partial charge in [-0.3, -0.25) is 20.2 Å². The van der Waals surface area contributed by atoms with Crippen LogP contribution in [0.25, 0.3) is 21.5 Å². The second-order valence-electron chi connectivity index (χ2n) is 14.9. The van der Waals surface area contributed by atoms with Gasteiger partial charge in [0.15, 0.2) is 19.7 Å². The molecule has 0 radical (unpaired) electrons. The number of non-ortho nitro benzene ring substituents is 1. The molecule has 320 valence electrons. The highest BCUT2D eigenvalue weighted by molar-refractivity contribution is 7.92. The summed E-state index contributed by atoms with van der Waals surface area (Å²) in [7, 11) is -2.99. The molecule has 0 saturated carbocycles. The third-order valence-electron chi connectivity index (χ3n) is 10.7. The first kappa shape index (κ1) is 44.9. The summed E-state index contributed by atoms with van der Waals surface area (Å²) in [5.41, 5.74) is 2.08. The van der Waals surface area contributed by atoms with E-state index in [0.29, 0.717) is 10.3 Å². The largest absolute Gasteiger partial charge is 0.369 e. The molecule has 8 rings (SSSR count). The Kier molecular flexibility index (Phi) is 14.6. The lowest BCUT2D eigenvalue weighted by Gasteiger charge is -2.34. The lowest BCUT2D eigenvalue weighted by molar-refractivity contribution is -0.385. The van der Waals surface area contributed by atoms with Crippen molar-refractivity contribution in [3.63, 3.8) is 0 Å². The Hall–Kier alpha value is -5.65. The summed E-state index contributed by atoms with van der Waals surface area (Å²) < 4.78 is 49.9. The summed E-state index contributed by atoms with van der Waals surface area (Å²) in [5.74, 6) is -0.418. The number of alkyl halides is 1. The summed E-state index contributed by atoms with van der Waals surface area (Å²) in [6.45, 7) is 7.41. The molecule has 61 heavy (non-hydrogen) atoms. The predicted octanol–water partition coefficient (Wildman–Crippen LogP) is 7.63. The fourth-order valence-electron chi connectivity index (χ4n) is 7.25. The first-order valence-corrected chi connectivity index (χ1v) is 23.4. The molecule has 2 aliphatic heterocycles. The second kappa shape index (κ2) is 19.8. The van der Waals surface area contributed by atoms with Gasteiger partial charge < -0.3 is 19.6 Å². The Balaban J connectivity index is 0.000000169. The Labute approximate surface area is 360 Å². The van der Waals surface area contributed by atoms with Crippen molar-refractivity contribution in [2.24, 2.45) is 0 Å². The number of sulfone groups is 2. The Morgan fingerprint density at radius 2 is 0.984 bits per heavy atom. The number of benzene rings is 6. The summed E-state index contributed by atoms with van der Waals surface area (Å²) in [6.07, 6.45) is 0. The van der Waals surface area contributed by atoms with E-state index in [0.717, 1.165) is 79.9 Å². The molecule has 17 heteroatoms. The van der Waals surface area contributed by atoms with Gasteiger partial charge in [-0.1, -0.05) is 72.8 Å². The first-order valence-electron chi connectivity index (χ1n) is 19.5. The van der Waals surface area contributed by atoms with Crippen molar-refractivity contribution in [2.75, 3.05) is 81.5 Å². The van der Waals surface area contributed by atoms with Crippen molar-refractivity contribution in [1.29, 1.82) is 0 Å². The molecular weight excluding hydrogens is 840 g/mol. The van der Waals surface area contributed by atoms with Crippen molar-refractivity contribution >= 4 is 75.6 Å². The van der Waals surface area contributed by atoms with Crippen molar-refractivity contribution in [3.8, 4) is 0 Å². The van der Waals surface area contributed by atoms with Gasteiger partial charge in [-0.2, -0.15) is 0 Å².